The summed E-state index contributed by atoms with van der Waals surface area (Å²) in [5, 5.41) is 8.84. The van der Waals surface area contributed by atoms with E-state index in [1.807, 2.05) is 0 Å². The summed E-state index contributed by atoms with van der Waals surface area (Å²) in [7, 11) is 0. The van der Waals surface area contributed by atoms with Crippen LogP contribution in [0.15, 0.2) is 0 Å². The molecule has 1 aliphatic heterocycles. The van der Waals surface area contributed by atoms with Crippen molar-refractivity contribution in [2.45, 2.75) is 90.0 Å². The SMILES string of the molecule is CCCCCCCCCCCCC1COCCN1CCC(=O)O. The first-order chi connectivity index (χ1) is 11.2. The predicted octanol–water partition coefficient (Wildman–Crippen LogP) is 4.47. The molecule has 1 aliphatic rings. The molecule has 0 aromatic carbocycles. The molecule has 1 unspecified atom stereocenters. The molecule has 0 aromatic rings. The van der Waals surface area contributed by atoms with E-state index in [1.54, 1.807) is 0 Å². The van der Waals surface area contributed by atoms with Crippen molar-refractivity contribution in [2.75, 3.05) is 26.3 Å². The van der Waals surface area contributed by atoms with Crippen LogP contribution in [-0.4, -0.2) is 48.3 Å². The Morgan fingerprint density at radius 3 is 2.26 bits per heavy atom. The lowest BCUT2D eigenvalue weighted by molar-refractivity contribution is -0.137. The lowest BCUT2D eigenvalue weighted by Crippen LogP contribution is -2.46. The number of morpholine rings is 1. The van der Waals surface area contributed by atoms with Gasteiger partial charge in [-0.25, -0.2) is 0 Å². The predicted molar refractivity (Wildman–Crippen MR) is 94.9 cm³/mol. The minimum Gasteiger partial charge on any atom is -0.481 e. The van der Waals surface area contributed by atoms with E-state index in [-0.39, 0.29) is 6.42 Å². The van der Waals surface area contributed by atoms with Gasteiger partial charge in [0.25, 0.3) is 0 Å². The maximum atomic E-state index is 10.7. The van der Waals surface area contributed by atoms with Crippen LogP contribution in [0.2, 0.25) is 0 Å². The van der Waals surface area contributed by atoms with Gasteiger partial charge < -0.3 is 9.84 Å². The summed E-state index contributed by atoms with van der Waals surface area (Å²) in [6.07, 6.45) is 15.0. The molecule has 136 valence electrons. The fourth-order valence-corrected chi connectivity index (χ4v) is 3.36. The summed E-state index contributed by atoms with van der Waals surface area (Å²) < 4.78 is 5.57. The van der Waals surface area contributed by atoms with Crippen LogP contribution in [0.1, 0.15) is 84.0 Å². The molecule has 0 amide bonds. The first-order valence-electron chi connectivity index (χ1n) is 9.77. The van der Waals surface area contributed by atoms with Crippen LogP contribution in [0, 0.1) is 0 Å². The number of aliphatic carboxylic acids is 1. The second-order valence-corrected chi connectivity index (χ2v) is 6.88. The molecule has 0 aromatic heterocycles. The Hall–Kier alpha value is -0.610. The van der Waals surface area contributed by atoms with Gasteiger partial charge in [-0.1, -0.05) is 71.1 Å². The van der Waals surface area contributed by atoms with Gasteiger partial charge in [0.1, 0.15) is 0 Å². The maximum Gasteiger partial charge on any atom is 0.304 e. The van der Waals surface area contributed by atoms with Gasteiger partial charge in [-0.15, -0.1) is 0 Å². The Balaban J connectivity index is 1.99. The lowest BCUT2D eigenvalue weighted by Gasteiger charge is -2.35. The molecular formula is C19H37NO3. The van der Waals surface area contributed by atoms with Crippen LogP contribution in [0.3, 0.4) is 0 Å². The van der Waals surface area contributed by atoms with Crippen molar-refractivity contribution in [3.05, 3.63) is 0 Å². The number of ether oxygens (including phenoxy) is 1. The monoisotopic (exact) mass is 327 g/mol. The smallest absolute Gasteiger partial charge is 0.304 e. The zero-order chi connectivity index (χ0) is 16.8. The van der Waals surface area contributed by atoms with Crippen molar-refractivity contribution in [1.29, 1.82) is 0 Å². The molecule has 0 saturated carbocycles. The standard InChI is InChI=1S/C19H37NO3/c1-2-3-4-5-6-7-8-9-10-11-12-18-17-23-16-15-20(18)14-13-19(21)22/h18H,2-17H2,1H3,(H,21,22). The largest absolute Gasteiger partial charge is 0.481 e. The second-order valence-electron chi connectivity index (χ2n) is 6.88. The highest BCUT2D eigenvalue weighted by Gasteiger charge is 2.22. The molecule has 0 aliphatic carbocycles. The molecule has 1 atom stereocenters. The fraction of sp³-hybridized carbons (Fsp3) is 0.947. The fourth-order valence-electron chi connectivity index (χ4n) is 3.36. The van der Waals surface area contributed by atoms with Gasteiger partial charge in [-0.3, -0.25) is 9.69 Å². The van der Waals surface area contributed by atoms with Crippen molar-refractivity contribution in [1.82, 2.24) is 4.90 Å². The molecular weight excluding hydrogens is 290 g/mol. The highest BCUT2D eigenvalue weighted by Crippen LogP contribution is 2.16. The van der Waals surface area contributed by atoms with Crippen LogP contribution < -0.4 is 0 Å². The molecule has 1 heterocycles. The normalized spacial score (nSPS) is 19.1. The van der Waals surface area contributed by atoms with E-state index in [9.17, 15) is 4.79 Å². The van der Waals surface area contributed by atoms with Gasteiger partial charge in [0.05, 0.1) is 19.6 Å². The summed E-state index contributed by atoms with van der Waals surface area (Å²) in [6.45, 7) is 5.34. The molecule has 0 bridgehead atoms. The first kappa shape index (κ1) is 20.4. The molecule has 1 fully saturated rings. The van der Waals surface area contributed by atoms with E-state index in [0.717, 1.165) is 26.2 Å². The third-order valence-electron chi connectivity index (χ3n) is 4.85. The molecule has 4 heteroatoms. The molecule has 1 rings (SSSR count). The molecule has 1 N–H and O–H groups in total. The van der Waals surface area contributed by atoms with Crippen molar-refractivity contribution in [2.24, 2.45) is 0 Å². The molecule has 23 heavy (non-hydrogen) atoms. The van der Waals surface area contributed by atoms with E-state index in [2.05, 4.69) is 11.8 Å². The van der Waals surface area contributed by atoms with Crippen LogP contribution in [0.4, 0.5) is 0 Å². The Labute approximate surface area is 142 Å². The van der Waals surface area contributed by atoms with Gasteiger partial charge in [-0.2, -0.15) is 0 Å². The van der Waals surface area contributed by atoms with Gasteiger partial charge >= 0.3 is 5.97 Å². The first-order valence-corrected chi connectivity index (χ1v) is 9.77. The van der Waals surface area contributed by atoms with Gasteiger partial charge in [0.15, 0.2) is 0 Å². The number of carboxylic acid groups (broad SMARTS) is 1. The number of unbranched alkanes of at least 4 members (excludes halogenated alkanes) is 9. The number of rotatable bonds is 14. The number of carboxylic acids is 1. The summed E-state index contributed by atoms with van der Waals surface area (Å²) in [4.78, 5) is 13.0. The average molecular weight is 328 g/mol. The summed E-state index contributed by atoms with van der Waals surface area (Å²) in [5.74, 6) is -0.700. The number of carbonyl (C=O) groups is 1. The Bertz CT molecular complexity index is 296. The minimum atomic E-state index is -0.700. The van der Waals surface area contributed by atoms with E-state index in [4.69, 9.17) is 9.84 Å². The lowest BCUT2D eigenvalue weighted by atomic mass is 10.0. The average Bonchev–Trinajstić information content (AvgIpc) is 2.55. The second kappa shape index (κ2) is 13.8. The van der Waals surface area contributed by atoms with Gasteiger partial charge in [0.2, 0.25) is 0 Å². The zero-order valence-electron chi connectivity index (χ0n) is 15.1. The Kier molecular flexibility index (Phi) is 12.3. The molecule has 4 nitrogen and oxygen atoms in total. The van der Waals surface area contributed by atoms with E-state index >= 15 is 0 Å². The highest BCUT2D eigenvalue weighted by molar-refractivity contribution is 5.66. The van der Waals surface area contributed by atoms with Crippen LogP contribution in [-0.2, 0) is 9.53 Å². The van der Waals surface area contributed by atoms with Crippen LogP contribution in [0.25, 0.3) is 0 Å². The Morgan fingerprint density at radius 1 is 1.04 bits per heavy atom. The summed E-state index contributed by atoms with van der Waals surface area (Å²) in [5.41, 5.74) is 0. The Morgan fingerprint density at radius 2 is 1.65 bits per heavy atom. The van der Waals surface area contributed by atoms with Crippen molar-refractivity contribution in [3.63, 3.8) is 0 Å². The van der Waals surface area contributed by atoms with Crippen molar-refractivity contribution >= 4 is 5.97 Å². The number of hydrogen-bond acceptors (Lipinski definition) is 3. The van der Waals surface area contributed by atoms with E-state index in [0.29, 0.717) is 12.6 Å². The van der Waals surface area contributed by atoms with Gasteiger partial charge in [-0.05, 0) is 6.42 Å². The van der Waals surface area contributed by atoms with Gasteiger partial charge in [0, 0.05) is 19.1 Å². The minimum absolute atomic E-state index is 0.245. The number of nitrogens with zero attached hydrogens (tertiary/aromatic N) is 1. The van der Waals surface area contributed by atoms with Crippen LogP contribution >= 0.6 is 0 Å². The maximum absolute atomic E-state index is 10.7. The van der Waals surface area contributed by atoms with E-state index in [1.165, 1.54) is 64.2 Å². The van der Waals surface area contributed by atoms with Crippen LogP contribution in [0.5, 0.6) is 0 Å². The summed E-state index contributed by atoms with van der Waals surface area (Å²) in [6, 6.07) is 0.428. The third-order valence-corrected chi connectivity index (χ3v) is 4.85. The molecule has 0 radical (unpaired) electrons. The summed E-state index contributed by atoms with van der Waals surface area (Å²) >= 11 is 0. The topological polar surface area (TPSA) is 49.8 Å². The van der Waals surface area contributed by atoms with Crippen molar-refractivity contribution in [3.8, 4) is 0 Å². The molecule has 1 saturated heterocycles. The number of hydrogen-bond donors (Lipinski definition) is 1. The zero-order valence-corrected chi connectivity index (χ0v) is 15.1. The third kappa shape index (κ3) is 10.7. The quantitative estimate of drug-likeness (QED) is 0.478. The van der Waals surface area contributed by atoms with E-state index < -0.39 is 5.97 Å². The van der Waals surface area contributed by atoms with Crippen molar-refractivity contribution < 1.29 is 14.6 Å². The molecule has 0 spiro atoms. The highest BCUT2D eigenvalue weighted by atomic mass is 16.5.